The first-order chi connectivity index (χ1) is 6.72. The summed E-state index contributed by atoms with van der Waals surface area (Å²) in [6.07, 6.45) is 1.53. The zero-order valence-corrected chi connectivity index (χ0v) is 8.30. The molecule has 0 fully saturated rings. The molecule has 2 rings (SSSR count). The van der Waals surface area contributed by atoms with E-state index in [1.807, 2.05) is 0 Å². The maximum atomic E-state index is 10.9. The molecule has 0 radical (unpaired) electrons. The maximum absolute atomic E-state index is 10.9. The predicted octanol–water partition coefficient (Wildman–Crippen LogP) is 1.76. The third kappa shape index (κ3) is 1.40. The number of nitrogens with one attached hydrogen (secondary N) is 1. The van der Waals surface area contributed by atoms with Crippen molar-refractivity contribution >= 4 is 22.0 Å². The highest BCUT2D eigenvalue weighted by atomic mass is 32.2. The number of methoxy groups -OCH3 is 1. The third-order valence-corrected chi connectivity index (χ3v) is 2.75. The zero-order chi connectivity index (χ0) is 10.1. The summed E-state index contributed by atoms with van der Waals surface area (Å²) in [5.74, 6) is 0.717. The molecule has 1 atom stereocenters. The van der Waals surface area contributed by atoms with Crippen LogP contribution in [0.25, 0.3) is 10.9 Å². The van der Waals surface area contributed by atoms with Gasteiger partial charge in [-0.15, -0.1) is 0 Å². The molecule has 1 aromatic heterocycles. The van der Waals surface area contributed by atoms with Crippen LogP contribution in [-0.2, 0) is 11.1 Å². The Morgan fingerprint density at radius 3 is 2.93 bits per heavy atom. The van der Waals surface area contributed by atoms with Crippen molar-refractivity contribution in [3.8, 4) is 5.75 Å². The summed E-state index contributed by atoms with van der Waals surface area (Å²) < 4.78 is 24.9. The van der Waals surface area contributed by atoms with Gasteiger partial charge in [-0.1, -0.05) is 0 Å². The van der Waals surface area contributed by atoms with E-state index in [0.717, 1.165) is 16.7 Å². The number of benzene rings is 1. The van der Waals surface area contributed by atoms with E-state index in [4.69, 9.17) is 9.29 Å². The lowest BCUT2D eigenvalue weighted by Gasteiger charge is -1.98. The fraction of sp³-hybridized carbons (Fsp3) is 0.111. The van der Waals surface area contributed by atoms with Crippen molar-refractivity contribution in [2.75, 3.05) is 7.11 Å². The van der Waals surface area contributed by atoms with Crippen molar-refractivity contribution < 1.29 is 13.5 Å². The molecular formula is C9H9NO3S. The van der Waals surface area contributed by atoms with Crippen LogP contribution in [0.2, 0.25) is 0 Å². The molecule has 74 valence electrons. The lowest BCUT2D eigenvalue weighted by atomic mass is 10.2. The second kappa shape index (κ2) is 3.43. The van der Waals surface area contributed by atoms with Crippen molar-refractivity contribution in [3.05, 3.63) is 24.4 Å². The van der Waals surface area contributed by atoms with E-state index in [9.17, 15) is 4.21 Å². The van der Waals surface area contributed by atoms with E-state index < -0.39 is 11.1 Å². The predicted molar refractivity (Wildman–Crippen MR) is 53.9 cm³/mol. The van der Waals surface area contributed by atoms with E-state index in [2.05, 4.69) is 4.98 Å². The number of hydrogen-bond donors (Lipinski definition) is 2. The van der Waals surface area contributed by atoms with Crippen LogP contribution in [0.15, 0.2) is 29.3 Å². The normalized spacial score (nSPS) is 13.0. The average molecular weight is 211 g/mol. The molecule has 1 aromatic carbocycles. The average Bonchev–Trinajstić information content (AvgIpc) is 2.59. The molecule has 1 unspecified atom stereocenters. The molecule has 1 heterocycles. The molecule has 5 heteroatoms. The lowest BCUT2D eigenvalue weighted by molar-refractivity contribution is 0.415. The van der Waals surface area contributed by atoms with Gasteiger partial charge in [0.1, 0.15) is 5.75 Å². The summed E-state index contributed by atoms with van der Waals surface area (Å²) in [5.41, 5.74) is 0.793. The van der Waals surface area contributed by atoms with Crippen LogP contribution >= 0.6 is 0 Å². The van der Waals surface area contributed by atoms with Gasteiger partial charge in [0.2, 0.25) is 0 Å². The van der Waals surface area contributed by atoms with Crippen molar-refractivity contribution in [2.45, 2.75) is 4.90 Å². The Kier molecular flexibility index (Phi) is 2.26. The van der Waals surface area contributed by atoms with Gasteiger partial charge < -0.3 is 14.3 Å². The number of fused-ring (bicyclic) bond motifs is 1. The number of aromatic amines is 1. The summed E-state index contributed by atoms with van der Waals surface area (Å²) in [5, 5.41) is 0.742. The van der Waals surface area contributed by atoms with Crippen molar-refractivity contribution in [1.29, 1.82) is 0 Å². The van der Waals surface area contributed by atoms with Crippen LogP contribution < -0.4 is 4.74 Å². The molecule has 0 aliphatic carbocycles. The van der Waals surface area contributed by atoms with Crippen LogP contribution in [0, 0.1) is 0 Å². The highest BCUT2D eigenvalue weighted by Crippen LogP contribution is 2.24. The van der Waals surface area contributed by atoms with Gasteiger partial charge in [-0.3, -0.25) is 0 Å². The summed E-state index contributed by atoms with van der Waals surface area (Å²) in [4.78, 5) is 3.30. The molecule has 14 heavy (non-hydrogen) atoms. The van der Waals surface area contributed by atoms with Gasteiger partial charge in [-0.05, 0) is 12.1 Å². The monoisotopic (exact) mass is 211 g/mol. The first-order valence-electron chi connectivity index (χ1n) is 3.98. The van der Waals surface area contributed by atoms with Crippen molar-refractivity contribution in [1.82, 2.24) is 4.98 Å². The van der Waals surface area contributed by atoms with Gasteiger partial charge in [-0.25, -0.2) is 4.21 Å². The SMILES string of the molecule is COc1ccc2c(S(=O)O)c[nH]c2c1. The Labute approximate surface area is 83.2 Å². The van der Waals surface area contributed by atoms with Gasteiger partial charge in [0.05, 0.1) is 17.5 Å². The van der Waals surface area contributed by atoms with E-state index in [1.165, 1.54) is 6.20 Å². The number of rotatable bonds is 2. The lowest BCUT2D eigenvalue weighted by Crippen LogP contribution is -1.85. The molecule has 4 nitrogen and oxygen atoms in total. The molecule has 2 aromatic rings. The number of H-pyrrole nitrogens is 1. The highest BCUT2D eigenvalue weighted by Gasteiger charge is 2.08. The number of ether oxygens (including phenoxy) is 1. The summed E-state index contributed by atoms with van der Waals surface area (Å²) in [6, 6.07) is 5.30. The van der Waals surface area contributed by atoms with Gasteiger partial charge in [0, 0.05) is 17.6 Å². The number of aromatic nitrogens is 1. The van der Waals surface area contributed by atoms with E-state index in [1.54, 1.807) is 25.3 Å². The summed E-state index contributed by atoms with van der Waals surface area (Å²) in [6.45, 7) is 0. The minimum atomic E-state index is -1.95. The minimum Gasteiger partial charge on any atom is -0.497 e. The first-order valence-corrected chi connectivity index (χ1v) is 5.09. The molecule has 2 N–H and O–H groups in total. The van der Waals surface area contributed by atoms with Crippen LogP contribution in [0.3, 0.4) is 0 Å². The van der Waals surface area contributed by atoms with Gasteiger partial charge >= 0.3 is 0 Å². The third-order valence-electron chi connectivity index (χ3n) is 2.04. The Bertz CT molecular complexity index is 492. The van der Waals surface area contributed by atoms with E-state index in [0.29, 0.717) is 4.90 Å². The van der Waals surface area contributed by atoms with Gasteiger partial charge in [0.25, 0.3) is 0 Å². The second-order valence-corrected chi connectivity index (χ2v) is 3.75. The zero-order valence-electron chi connectivity index (χ0n) is 7.48. The minimum absolute atomic E-state index is 0.391. The van der Waals surface area contributed by atoms with Crippen molar-refractivity contribution in [2.24, 2.45) is 0 Å². The Morgan fingerprint density at radius 1 is 1.50 bits per heavy atom. The van der Waals surface area contributed by atoms with Crippen LogP contribution in [-0.4, -0.2) is 20.9 Å². The Balaban J connectivity index is 2.65. The standard InChI is InChI=1S/C9H9NO3S/c1-13-6-2-3-7-8(4-6)10-5-9(7)14(11)12/h2-5,10H,1H3,(H,11,12). The van der Waals surface area contributed by atoms with Crippen molar-refractivity contribution in [3.63, 3.8) is 0 Å². The largest absolute Gasteiger partial charge is 0.497 e. The molecule has 0 amide bonds. The molecule has 0 saturated carbocycles. The molecule has 0 saturated heterocycles. The summed E-state index contributed by atoms with van der Waals surface area (Å²) in [7, 11) is 1.58. The van der Waals surface area contributed by atoms with Gasteiger partial charge in [-0.2, -0.15) is 0 Å². The quantitative estimate of drug-likeness (QED) is 0.744. The molecule has 0 bridgehead atoms. The second-order valence-electron chi connectivity index (χ2n) is 2.81. The Hall–Kier alpha value is -1.33. The Morgan fingerprint density at radius 2 is 2.29 bits per heavy atom. The number of hydrogen-bond acceptors (Lipinski definition) is 2. The van der Waals surface area contributed by atoms with E-state index in [-0.39, 0.29) is 0 Å². The molecule has 0 spiro atoms. The molecule has 0 aliphatic rings. The highest BCUT2D eigenvalue weighted by molar-refractivity contribution is 7.79. The topological polar surface area (TPSA) is 62.3 Å². The van der Waals surface area contributed by atoms with Crippen LogP contribution in [0.5, 0.6) is 5.75 Å². The maximum Gasteiger partial charge on any atom is 0.188 e. The smallest absolute Gasteiger partial charge is 0.188 e. The molecular weight excluding hydrogens is 202 g/mol. The van der Waals surface area contributed by atoms with E-state index >= 15 is 0 Å². The first kappa shape index (κ1) is 9.23. The fourth-order valence-electron chi connectivity index (χ4n) is 1.35. The van der Waals surface area contributed by atoms with Gasteiger partial charge in [0.15, 0.2) is 11.1 Å². The van der Waals surface area contributed by atoms with Crippen LogP contribution in [0.1, 0.15) is 0 Å². The fourth-order valence-corrected chi connectivity index (χ4v) is 1.88. The molecule has 0 aliphatic heterocycles. The van der Waals surface area contributed by atoms with Crippen LogP contribution in [0.4, 0.5) is 0 Å². The summed E-state index contributed by atoms with van der Waals surface area (Å²) >= 11 is -1.95.